The molecule has 0 radical (unpaired) electrons. The van der Waals surface area contributed by atoms with E-state index in [1.54, 1.807) is 0 Å². The monoisotopic (exact) mass is 150 g/mol. The minimum Gasteiger partial charge on any atom is -0.478 e. The van der Waals surface area contributed by atoms with Crippen molar-refractivity contribution >= 4 is 16.7 Å². The summed E-state index contributed by atoms with van der Waals surface area (Å²) in [5.74, 6) is -1.34. The molecule has 4 nitrogen and oxygen atoms in total. The third-order valence-corrected chi connectivity index (χ3v) is 1.02. The van der Waals surface area contributed by atoms with Crippen molar-refractivity contribution in [3.05, 3.63) is 12.2 Å². The SMILES string of the molecule is O=C(O)/C=C/C[SH](=O)=O. The predicted molar refractivity (Wildman–Crippen MR) is 32.0 cm³/mol. The number of thiol groups is 1. The zero-order chi connectivity index (χ0) is 7.28. The van der Waals surface area contributed by atoms with Gasteiger partial charge >= 0.3 is 5.97 Å². The van der Waals surface area contributed by atoms with Crippen LogP contribution in [-0.4, -0.2) is 25.2 Å². The Hall–Kier alpha value is -0.840. The van der Waals surface area contributed by atoms with Gasteiger partial charge in [-0.05, 0) is 0 Å². The molecular formula is C4H6O4S. The van der Waals surface area contributed by atoms with Crippen LogP contribution in [0.25, 0.3) is 0 Å². The van der Waals surface area contributed by atoms with E-state index in [1.165, 1.54) is 0 Å². The fourth-order valence-electron chi connectivity index (χ4n) is 0.240. The predicted octanol–water partition coefficient (Wildman–Crippen LogP) is -0.761. The summed E-state index contributed by atoms with van der Waals surface area (Å²) in [5.41, 5.74) is 0. The van der Waals surface area contributed by atoms with E-state index < -0.39 is 16.7 Å². The molecule has 1 N–H and O–H groups in total. The summed E-state index contributed by atoms with van der Waals surface area (Å²) in [6.45, 7) is 0. The Balaban J connectivity index is 3.61. The molecule has 0 aliphatic rings. The smallest absolute Gasteiger partial charge is 0.328 e. The summed E-state index contributed by atoms with van der Waals surface area (Å²) in [5, 5.41) is 7.94. The van der Waals surface area contributed by atoms with Crippen LogP contribution < -0.4 is 0 Å². The molecule has 5 heteroatoms. The van der Waals surface area contributed by atoms with Gasteiger partial charge in [0.2, 0.25) is 0 Å². The van der Waals surface area contributed by atoms with Crippen LogP contribution >= 0.6 is 0 Å². The minimum atomic E-state index is -2.48. The quantitative estimate of drug-likeness (QED) is 0.409. The molecule has 52 valence electrons. The molecule has 0 aliphatic carbocycles. The van der Waals surface area contributed by atoms with Crippen molar-refractivity contribution in [3.63, 3.8) is 0 Å². The summed E-state index contributed by atoms with van der Waals surface area (Å²) in [6, 6.07) is 0. The van der Waals surface area contributed by atoms with Crippen LogP contribution in [0.4, 0.5) is 0 Å². The number of carbonyl (C=O) groups is 1. The second kappa shape index (κ2) is 4.08. The third kappa shape index (κ3) is 7.16. The second-order valence-corrected chi connectivity index (χ2v) is 2.29. The zero-order valence-corrected chi connectivity index (χ0v) is 5.38. The lowest BCUT2D eigenvalue weighted by Gasteiger charge is -1.75. The molecule has 0 bridgehead atoms. The van der Waals surface area contributed by atoms with Crippen LogP contribution in [0.5, 0.6) is 0 Å². The average molecular weight is 150 g/mol. The lowest BCUT2D eigenvalue weighted by Crippen LogP contribution is -1.88. The average Bonchev–Trinajstić information content (AvgIpc) is 1.63. The van der Waals surface area contributed by atoms with E-state index >= 15 is 0 Å². The maximum Gasteiger partial charge on any atom is 0.328 e. The van der Waals surface area contributed by atoms with E-state index in [4.69, 9.17) is 5.11 Å². The molecule has 0 saturated heterocycles. The molecule has 0 saturated carbocycles. The largest absolute Gasteiger partial charge is 0.478 e. The highest BCUT2D eigenvalue weighted by Gasteiger charge is 1.84. The topological polar surface area (TPSA) is 71.4 Å². The van der Waals surface area contributed by atoms with Crippen molar-refractivity contribution in [2.24, 2.45) is 0 Å². The molecule has 0 aromatic carbocycles. The van der Waals surface area contributed by atoms with Gasteiger partial charge in [0.25, 0.3) is 0 Å². The number of carboxylic acid groups (broad SMARTS) is 1. The maximum atomic E-state index is 9.77. The van der Waals surface area contributed by atoms with Gasteiger partial charge in [0, 0.05) is 6.08 Å². The van der Waals surface area contributed by atoms with Gasteiger partial charge in [0.05, 0.1) is 5.75 Å². The highest BCUT2D eigenvalue weighted by atomic mass is 32.2. The van der Waals surface area contributed by atoms with E-state index in [0.717, 1.165) is 12.2 Å². The lowest BCUT2D eigenvalue weighted by molar-refractivity contribution is -0.131. The fourth-order valence-corrected chi connectivity index (χ4v) is 0.517. The number of hydrogen-bond donors (Lipinski definition) is 2. The van der Waals surface area contributed by atoms with Gasteiger partial charge in [-0.25, -0.2) is 13.2 Å². The van der Waals surface area contributed by atoms with Crippen LogP contribution in [-0.2, 0) is 15.5 Å². The van der Waals surface area contributed by atoms with Crippen LogP contribution in [0, 0.1) is 0 Å². The first-order chi connectivity index (χ1) is 4.13. The Morgan fingerprint density at radius 3 is 2.44 bits per heavy atom. The van der Waals surface area contributed by atoms with Crippen molar-refractivity contribution in [2.45, 2.75) is 0 Å². The van der Waals surface area contributed by atoms with Crippen molar-refractivity contribution in [1.29, 1.82) is 0 Å². The molecule has 9 heavy (non-hydrogen) atoms. The molecule has 0 fully saturated rings. The Bertz CT molecular complexity index is 183. The Kier molecular flexibility index (Phi) is 3.70. The van der Waals surface area contributed by atoms with Crippen molar-refractivity contribution < 1.29 is 18.3 Å². The molecule has 0 amide bonds. The summed E-state index contributed by atoms with van der Waals surface area (Å²) in [6.07, 6.45) is 1.87. The summed E-state index contributed by atoms with van der Waals surface area (Å²) in [4.78, 5) is 9.70. The molecule has 0 spiro atoms. The third-order valence-electron chi connectivity index (χ3n) is 0.515. The van der Waals surface area contributed by atoms with Crippen LogP contribution in [0.2, 0.25) is 0 Å². The Morgan fingerprint density at radius 1 is 1.56 bits per heavy atom. The van der Waals surface area contributed by atoms with Gasteiger partial charge in [-0.15, -0.1) is 0 Å². The second-order valence-electron chi connectivity index (χ2n) is 1.26. The highest BCUT2D eigenvalue weighted by molar-refractivity contribution is 7.72. The first-order valence-corrected chi connectivity index (χ1v) is 3.50. The lowest BCUT2D eigenvalue weighted by atomic mass is 10.5. The van der Waals surface area contributed by atoms with Crippen LogP contribution in [0.1, 0.15) is 0 Å². The van der Waals surface area contributed by atoms with Gasteiger partial charge in [-0.2, -0.15) is 0 Å². The van der Waals surface area contributed by atoms with E-state index in [2.05, 4.69) is 0 Å². The van der Waals surface area contributed by atoms with E-state index in [0.29, 0.717) is 0 Å². The summed E-state index contributed by atoms with van der Waals surface area (Å²) >= 11 is 0. The van der Waals surface area contributed by atoms with Gasteiger partial charge in [-0.3, -0.25) is 0 Å². The molecule has 0 aromatic rings. The van der Waals surface area contributed by atoms with E-state index in [-0.39, 0.29) is 5.75 Å². The molecule has 0 aliphatic heterocycles. The van der Waals surface area contributed by atoms with Crippen molar-refractivity contribution in [1.82, 2.24) is 0 Å². The van der Waals surface area contributed by atoms with Crippen LogP contribution in [0.3, 0.4) is 0 Å². The molecule has 0 rings (SSSR count). The summed E-state index contributed by atoms with van der Waals surface area (Å²) in [7, 11) is -2.48. The minimum absolute atomic E-state index is 0.207. The molecule has 0 atom stereocenters. The van der Waals surface area contributed by atoms with Crippen molar-refractivity contribution in [2.75, 3.05) is 5.75 Å². The molecule has 0 unspecified atom stereocenters. The molecule has 0 aromatic heterocycles. The molecular weight excluding hydrogens is 144 g/mol. The Morgan fingerprint density at radius 2 is 2.11 bits per heavy atom. The van der Waals surface area contributed by atoms with Gasteiger partial charge in [0.15, 0.2) is 0 Å². The van der Waals surface area contributed by atoms with E-state index in [9.17, 15) is 13.2 Å². The van der Waals surface area contributed by atoms with Crippen molar-refractivity contribution in [3.8, 4) is 0 Å². The first kappa shape index (κ1) is 8.16. The molecule has 0 heterocycles. The van der Waals surface area contributed by atoms with Gasteiger partial charge < -0.3 is 5.11 Å². The number of aliphatic carboxylic acids is 1. The normalized spacial score (nSPS) is 10.8. The zero-order valence-electron chi connectivity index (χ0n) is 4.48. The highest BCUT2D eigenvalue weighted by Crippen LogP contribution is 1.72. The van der Waals surface area contributed by atoms with Gasteiger partial charge in [0.1, 0.15) is 10.7 Å². The standard InChI is InChI=1S/C4H6O4S/c5-4(6)2-1-3-9(7)8/h1-2,9H,3H2,(H,5,6)/b2-1+. The number of hydrogen-bond acceptors (Lipinski definition) is 3. The van der Waals surface area contributed by atoms with E-state index in [1.807, 2.05) is 0 Å². The number of carboxylic acids is 1. The number of rotatable bonds is 3. The maximum absolute atomic E-state index is 9.77. The fraction of sp³-hybridized carbons (Fsp3) is 0.250. The van der Waals surface area contributed by atoms with Crippen LogP contribution in [0.15, 0.2) is 12.2 Å². The van der Waals surface area contributed by atoms with Gasteiger partial charge in [-0.1, -0.05) is 6.08 Å². The summed E-state index contributed by atoms with van der Waals surface area (Å²) < 4.78 is 19.5. The first-order valence-electron chi connectivity index (χ1n) is 2.14. The Labute approximate surface area is 53.8 Å².